The molecule has 106 valence electrons. The first-order valence-corrected chi connectivity index (χ1v) is 7.39. The molecule has 0 saturated heterocycles. The molecule has 0 saturated carbocycles. The van der Waals surface area contributed by atoms with Crippen LogP contribution in [0.25, 0.3) is 0 Å². The maximum Gasteiger partial charge on any atom is 0.259 e. The number of rotatable bonds is 2. The Morgan fingerprint density at radius 2 is 1.27 bits per heavy atom. The van der Waals surface area contributed by atoms with E-state index in [9.17, 15) is 4.79 Å². The number of amides is 1. The highest BCUT2D eigenvalue weighted by molar-refractivity contribution is 6.11. The van der Waals surface area contributed by atoms with E-state index in [-0.39, 0.29) is 11.9 Å². The molecule has 0 N–H and O–H groups in total. The van der Waals surface area contributed by atoms with Crippen LogP contribution < -0.4 is 4.90 Å². The summed E-state index contributed by atoms with van der Waals surface area (Å²) in [6.45, 7) is 0. The summed E-state index contributed by atoms with van der Waals surface area (Å²) in [4.78, 5) is 14.8. The van der Waals surface area contributed by atoms with Crippen LogP contribution in [0.5, 0.6) is 0 Å². The van der Waals surface area contributed by atoms with Crippen LogP contribution in [0.2, 0.25) is 0 Å². The Balaban J connectivity index is 1.92. The zero-order valence-corrected chi connectivity index (χ0v) is 12.0. The van der Waals surface area contributed by atoms with Gasteiger partial charge < -0.3 is 0 Å². The molecule has 22 heavy (non-hydrogen) atoms. The van der Waals surface area contributed by atoms with Gasteiger partial charge in [0.05, 0.1) is 6.04 Å². The molecule has 3 aromatic rings. The first-order valence-electron chi connectivity index (χ1n) is 7.39. The van der Waals surface area contributed by atoms with E-state index in [2.05, 4.69) is 12.1 Å². The van der Waals surface area contributed by atoms with E-state index in [4.69, 9.17) is 0 Å². The molecular formula is C20H15NO. The van der Waals surface area contributed by atoms with Gasteiger partial charge in [-0.15, -0.1) is 0 Å². The average molecular weight is 285 g/mol. The summed E-state index contributed by atoms with van der Waals surface area (Å²) in [6, 6.07) is 27.9. The Kier molecular flexibility index (Phi) is 3.01. The smallest absolute Gasteiger partial charge is 0.259 e. The van der Waals surface area contributed by atoms with Gasteiger partial charge in [0.15, 0.2) is 0 Å². The Hall–Kier alpha value is -2.87. The standard InChI is InChI=1S/C20H15NO/c22-20-18-14-8-7-13-17(18)19(15-9-3-1-4-10-15)21(20)16-11-5-2-6-12-16/h1-14,19H/t19-/m0/s1. The predicted octanol–water partition coefficient (Wildman–Crippen LogP) is 4.44. The minimum absolute atomic E-state index is 0.0627. The number of carbonyl (C=O) groups is 1. The Labute approximate surface area is 129 Å². The zero-order valence-electron chi connectivity index (χ0n) is 12.0. The maximum absolute atomic E-state index is 12.9. The highest BCUT2D eigenvalue weighted by Gasteiger charge is 2.38. The van der Waals surface area contributed by atoms with Gasteiger partial charge >= 0.3 is 0 Å². The summed E-state index contributed by atoms with van der Waals surface area (Å²) in [7, 11) is 0. The van der Waals surface area contributed by atoms with Gasteiger partial charge in [-0.25, -0.2) is 0 Å². The number of benzene rings is 3. The van der Waals surface area contributed by atoms with Gasteiger partial charge in [0, 0.05) is 11.3 Å². The van der Waals surface area contributed by atoms with E-state index < -0.39 is 0 Å². The molecule has 4 rings (SSSR count). The Bertz CT molecular complexity index is 811. The molecule has 0 bridgehead atoms. The lowest BCUT2D eigenvalue weighted by molar-refractivity contribution is 0.0993. The third-order valence-corrected chi connectivity index (χ3v) is 4.11. The van der Waals surface area contributed by atoms with E-state index in [1.54, 1.807) is 0 Å². The number of para-hydroxylation sites is 1. The number of nitrogens with zero attached hydrogens (tertiary/aromatic N) is 1. The van der Waals surface area contributed by atoms with E-state index in [1.165, 1.54) is 0 Å². The second-order valence-electron chi connectivity index (χ2n) is 5.41. The van der Waals surface area contributed by atoms with Crippen molar-refractivity contribution >= 4 is 11.6 Å². The van der Waals surface area contributed by atoms with Crippen LogP contribution in [0.3, 0.4) is 0 Å². The van der Waals surface area contributed by atoms with Crippen LogP contribution in [0, 0.1) is 0 Å². The van der Waals surface area contributed by atoms with E-state index in [0.717, 1.165) is 22.4 Å². The summed E-state index contributed by atoms with van der Waals surface area (Å²) in [5.74, 6) is 0.0654. The second kappa shape index (κ2) is 5.15. The molecule has 1 aliphatic heterocycles. The minimum Gasteiger partial charge on any atom is -0.297 e. The first-order chi connectivity index (χ1) is 10.9. The second-order valence-corrected chi connectivity index (χ2v) is 5.41. The van der Waals surface area contributed by atoms with Crippen molar-refractivity contribution in [1.82, 2.24) is 0 Å². The van der Waals surface area contributed by atoms with Gasteiger partial charge in [-0.3, -0.25) is 9.69 Å². The SMILES string of the molecule is O=C1c2ccccc2[C@H](c2ccccc2)N1c1ccccc1. The van der Waals surface area contributed by atoms with E-state index in [1.807, 2.05) is 77.7 Å². The third-order valence-electron chi connectivity index (χ3n) is 4.11. The van der Waals surface area contributed by atoms with Crippen molar-refractivity contribution in [3.63, 3.8) is 0 Å². The van der Waals surface area contributed by atoms with Crippen LogP contribution in [0.4, 0.5) is 5.69 Å². The molecule has 0 radical (unpaired) electrons. The summed E-state index contributed by atoms with van der Waals surface area (Å²) in [5.41, 5.74) is 3.92. The molecule has 0 aromatic heterocycles. The van der Waals surface area contributed by atoms with Crippen LogP contribution in [0.15, 0.2) is 84.9 Å². The van der Waals surface area contributed by atoms with Gasteiger partial charge in [-0.1, -0.05) is 66.7 Å². The fourth-order valence-corrected chi connectivity index (χ4v) is 3.14. The Morgan fingerprint density at radius 1 is 0.682 bits per heavy atom. The molecule has 1 aliphatic rings. The summed E-state index contributed by atoms with van der Waals surface area (Å²) in [5, 5.41) is 0. The van der Waals surface area contributed by atoms with Crippen molar-refractivity contribution in [3.8, 4) is 0 Å². The van der Waals surface area contributed by atoms with Gasteiger partial charge in [0.2, 0.25) is 0 Å². The van der Waals surface area contributed by atoms with Crippen molar-refractivity contribution in [1.29, 1.82) is 0 Å². The van der Waals surface area contributed by atoms with E-state index >= 15 is 0 Å². The molecule has 3 aromatic carbocycles. The van der Waals surface area contributed by atoms with Crippen LogP contribution in [-0.4, -0.2) is 5.91 Å². The van der Waals surface area contributed by atoms with Gasteiger partial charge in [0.25, 0.3) is 5.91 Å². The Morgan fingerprint density at radius 3 is 2.00 bits per heavy atom. The largest absolute Gasteiger partial charge is 0.297 e. The molecule has 2 heteroatoms. The number of anilines is 1. The lowest BCUT2D eigenvalue weighted by Gasteiger charge is -2.26. The van der Waals surface area contributed by atoms with Crippen molar-refractivity contribution in [2.45, 2.75) is 6.04 Å². The zero-order chi connectivity index (χ0) is 14.9. The predicted molar refractivity (Wildman–Crippen MR) is 88.0 cm³/mol. The minimum atomic E-state index is -0.0627. The number of carbonyl (C=O) groups excluding carboxylic acids is 1. The van der Waals surface area contributed by atoms with E-state index in [0.29, 0.717) is 0 Å². The van der Waals surface area contributed by atoms with Crippen molar-refractivity contribution in [3.05, 3.63) is 102 Å². The number of hydrogen-bond acceptors (Lipinski definition) is 1. The van der Waals surface area contributed by atoms with Crippen LogP contribution in [0.1, 0.15) is 27.5 Å². The summed E-state index contributed by atoms with van der Waals surface area (Å²) >= 11 is 0. The molecule has 0 fully saturated rings. The van der Waals surface area contributed by atoms with Gasteiger partial charge in [-0.2, -0.15) is 0 Å². The molecule has 0 aliphatic carbocycles. The van der Waals surface area contributed by atoms with Gasteiger partial charge in [0.1, 0.15) is 0 Å². The normalized spacial score (nSPS) is 16.6. The fraction of sp³-hybridized carbons (Fsp3) is 0.0500. The van der Waals surface area contributed by atoms with Crippen molar-refractivity contribution < 1.29 is 4.79 Å². The lowest BCUT2D eigenvalue weighted by Crippen LogP contribution is -2.28. The molecule has 0 unspecified atom stereocenters. The van der Waals surface area contributed by atoms with Crippen molar-refractivity contribution in [2.24, 2.45) is 0 Å². The lowest BCUT2D eigenvalue weighted by atomic mass is 9.98. The highest BCUT2D eigenvalue weighted by Crippen LogP contribution is 2.41. The van der Waals surface area contributed by atoms with Crippen molar-refractivity contribution in [2.75, 3.05) is 4.90 Å². The van der Waals surface area contributed by atoms with Crippen LogP contribution >= 0.6 is 0 Å². The quantitative estimate of drug-likeness (QED) is 0.682. The monoisotopic (exact) mass is 285 g/mol. The van der Waals surface area contributed by atoms with Crippen LogP contribution in [-0.2, 0) is 0 Å². The first kappa shape index (κ1) is 12.8. The topological polar surface area (TPSA) is 20.3 Å². The molecular weight excluding hydrogens is 270 g/mol. The summed E-state index contributed by atoms with van der Waals surface area (Å²) in [6.07, 6.45) is 0. The molecule has 0 spiro atoms. The maximum atomic E-state index is 12.9. The molecule has 2 nitrogen and oxygen atoms in total. The number of hydrogen-bond donors (Lipinski definition) is 0. The average Bonchev–Trinajstić information content (AvgIpc) is 2.90. The highest BCUT2D eigenvalue weighted by atomic mass is 16.2. The number of fused-ring (bicyclic) bond motifs is 1. The molecule has 1 amide bonds. The fourth-order valence-electron chi connectivity index (χ4n) is 3.14. The molecule has 1 heterocycles. The summed E-state index contributed by atoms with van der Waals surface area (Å²) < 4.78 is 0. The molecule has 1 atom stereocenters. The van der Waals surface area contributed by atoms with Gasteiger partial charge in [-0.05, 0) is 29.3 Å². The third kappa shape index (κ3) is 1.92.